The number of nitrogens with zero attached hydrogens (tertiary/aromatic N) is 1. The Balaban J connectivity index is 2.40. The van der Waals surface area contributed by atoms with Crippen molar-refractivity contribution in [1.29, 1.82) is 0 Å². The van der Waals surface area contributed by atoms with Crippen LogP contribution in [0.3, 0.4) is 0 Å². The van der Waals surface area contributed by atoms with Gasteiger partial charge < -0.3 is 4.90 Å². The Labute approximate surface area is 84.3 Å². The molecule has 0 bridgehead atoms. The summed E-state index contributed by atoms with van der Waals surface area (Å²) in [5.41, 5.74) is 2.87. The molecule has 2 rings (SSSR count). The molecule has 0 aromatic heterocycles. The van der Waals surface area contributed by atoms with Gasteiger partial charge in [0.2, 0.25) is 0 Å². The van der Waals surface area contributed by atoms with E-state index in [4.69, 9.17) is 11.6 Å². The zero-order chi connectivity index (χ0) is 9.26. The van der Waals surface area contributed by atoms with Gasteiger partial charge in [0, 0.05) is 12.7 Å². The van der Waals surface area contributed by atoms with Gasteiger partial charge in [0.05, 0.1) is 0 Å². The fourth-order valence-corrected chi connectivity index (χ4v) is 2.13. The van der Waals surface area contributed by atoms with Crippen molar-refractivity contribution in [2.75, 3.05) is 11.9 Å². The Bertz CT molecular complexity index is 298. The van der Waals surface area contributed by atoms with Crippen molar-refractivity contribution in [3.05, 3.63) is 29.8 Å². The molecule has 1 unspecified atom stereocenters. The number of aryl methyl sites for hydroxylation is 1. The number of rotatable bonds is 0. The molecule has 0 fully saturated rings. The maximum Gasteiger partial charge on any atom is 0.103 e. The summed E-state index contributed by atoms with van der Waals surface area (Å²) in [4.78, 5) is 2.17. The Morgan fingerprint density at radius 3 is 3.00 bits per heavy atom. The van der Waals surface area contributed by atoms with Crippen molar-refractivity contribution in [3.63, 3.8) is 0 Å². The third kappa shape index (κ3) is 1.66. The first-order valence-corrected chi connectivity index (χ1v) is 5.17. The third-order valence-electron chi connectivity index (χ3n) is 2.68. The fourth-order valence-electron chi connectivity index (χ4n) is 1.87. The smallest absolute Gasteiger partial charge is 0.103 e. The van der Waals surface area contributed by atoms with Gasteiger partial charge in [0.25, 0.3) is 0 Å². The zero-order valence-electron chi connectivity index (χ0n) is 7.83. The summed E-state index contributed by atoms with van der Waals surface area (Å²) in [5, 5.41) is 0. The Morgan fingerprint density at radius 2 is 2.15 bits per heavy atom. The first-order chi connectivity index (χ1) is 6.29. The summed E-state index contributed by atoms with van der Waals surface area (Å²) in [6.45, 7) is 0. The third-order valence-corrected chi connectivity index (χ3v) is 3.19. The van der Waals surface area contributed by atoms with Gasteiger partial charge in [-0.1, -0.05) is 29.8 Å². The van der Waals surface area contributed by atoms with Gasteiger partial charge >= 0.3 is 0 Å². The molecule has 0 spiro atoms. The molecule has 0 aliphatic carbocycles. The molecule has 1 atom stereocenters. The van der Waals surface area contributed by atoms with Gasteiger partial charge in [-0.05, 0) is 30.9 Å². The lowest BCUT2D eigenvalue weighted by atomic mass is 10.1. The van der Waals surface area contributed by atoms with Crippen LogP contribution < -0.4 is 4.90 Å². The number of fused-ring (bicyclic) bond motifs is 1. The molecule has 1 aliphatic heterocycles. The minimum Gasteiger partial charge on any atom is -0.358 e. The summed E-state index contributed by atoms with van der Waals surface area (Å²) in [6.07, 6.45) is 3.42. The first-order valence-electron chi connectivity index (χ1n) is 4.74. The molecule has 0 saturated carbocycles. The first kappa shape index (κ1) is 8.89. The van der Waals surface area contributed by atoms with Crippen LogP contribution in [0.2, 0.25) is 0 Å². The van der Waals surface area contributed by atoms with E-state index in [0.29, 0.717) is 0 Å². The molecule has 1 aromatic rings. The average molecular weight is 196 g/mol. The number of halogens is 1. The molecule has 2 heteroatoms. The van der Waals surface area contributed by atoms with E-state index >= 15 is 0 Å². The van der Waals surface area contributed by atoms with Crippen molar-refractivity contribution in [3.8, 4) is 0 Å². The van der Waals surface area contributed by atoms with E-state index in [0.717, 1.165) is 12.8 Å². The molecular weight excluding hydrogens is 182 g/mol. The topological polar surface area (TPSA) is 3.24 Å². The van der Waals surface area contributed by atoms with Crippen LogP contribution in [-0.2, 0) is 6.42 Å². The van der Waals surface area contributed by atoms with Gasteiger partial charge in [0.15, 0.2) is 0 Å². The highest BCUT2D eigenvalue weighted by molar-refractivity contribution is 6.21. The van der Waals surface area contributed by atoms with Crippen molar-refractivity contribution in [1.82, 2.24) is 0 Å². The van der Waals surface area contributed by atoms with Crippen LogP contribution in [0.15, 0.2) is 24.3 Å². The monoisotopic (exact) mass is 195 g/mol. The normalized spacial score (nSPS) is 22.3. The molecule has 0 N–H and O–H groups in total. The molecule has 1 nitrogen and oxygen atoms in total. The quantitative estimate of drug-likeness (QED) is 0.455. The van der Waals surface area contributed by atoms with Gasteiger partial charge in [-0.3, -0.25) is 0 Å². The molecule has 1 aliphatic rings. The lowest BCUT2D eigenvalue weighted by Crippen LogP contribution is -2.25. The maximum absolute atomic E-state index is 6.23. The van der Waals surface area contributed by atoms with Crippen molar-refractivity contribution in [2.24, 2.45) is 0 Å². The molecule has 1 aromatic carbocycles. The van der Waals surface area contributed by atoms with E-state index in [9.17, 15) is 0 Å². The van der Waals surface area contributed by atoms with Crippen molar-refractivity contribution >= 4 is 17.3 Å². The Morgan fingerprint density at radius 1 is 1.38 bits per heavy atom. The van der Waals surface area contributed by atoms with E-state index in [-0.39, 0.29) is 5.50 Å². The van der Waals surface area contributed by atoms with Crippen LogP contribution >= 0.6 is 11.6 Å². The minimum atomic E-state index is 0.156. The molecular formula is C11H14ClN. The predicted octanol–water partition coefficient (Wildman–Crippen LogP) is 3.02. The SMILES string of the molecule is CN1c2ccccc2CCCC1Cl. The van der Waals surface area contributed by atoms with Crippen LogP contribution in [-0.4, -0.2) is 12.5 Å². The van der Waals surface area contributed by atoms with E-state index < -0.39 is 0 Å². The molecule has 70 valence electrons. The number of benzene rings is 1. The molecule has 1 heterocycles. The van der Waals surface area contributed by atoms with Crippen LogP contribution in [0.1, 0.15) is 18.4 Å². The van der Waals surface area contributed by atoms with E-state index in [1.807, 2.05) is 0 Å². The summed E-state index contributed by atoms with van der Waals surface area (Å²) in [6, 6.07) is 8.52. The Kier molecular flexibility index (Phi) is 2.45. The second-order valence-electron chi connectivity index (χ2n) is 3.57. The second-order valence-corrected chi connectivity index (χ2v) is 4.07. The molecule has 0 saturated heterocycles. The van der Waals surface area contributed by atoms with Gasteiger partial charge in [-0.15, -0.1) is 0 Å². The molecule has 0 radical (unpaired) electrons. The van der Waals surface area contributed by atoms with Gasteiger partial charge in [-0.2, -0.15) is 0 Å². The Hall–Kier alpha value is -0.690. The highest BCUT2D eigenvalue weighted by atomic mass is 35.5. The second kappa shape index (κ2) is 3.59. The van der Waals surface area contributed by atoms with E-state index in [1.165, 1.54) is 17.7 Å². The minimum absolute atomic E-state index is 0.156. The highest BCUT2D eigenvalue weighted by Crippen LogP contribution is 2.29. The van der Waals surface area contributed by atoms with Crippen LogP contribution in [0.25, 0.3) is 0 Å². The molecule has 13 heavy (non-hydrogen) atoms. The summed E-state index contributed by atoms with van der Waals surface area (Å²) in [5.74, 6) is 0. The van der Waals surface area contributed by atoms with Crippen LogP contribution in [0.5, 0.6) is 0 Å². The van der Waals surface area contributed by atoms with Crippen molar-refractivity contribution in [2.45, 2.75) is 24.8 Å². The predicted molar refractivity (Wildman–Crippen MR) is 57.4 cm³/mol. The average Bonchev–Trinajstić information content (AvgIpc) is 2.29. The fraction of sp³-hybridized carbons (Fsp3) is 0.455. The number of para-hydroxylation sites is 1. The zero-order valence-corrected chi connectivity index (χ0v) is 8.59. The summed E-state index contributed by atoms with van der Waals surface area (Å²) < 4.78 is 0. The molecule has 0 amide bonds. The summed E-state index contributed by atoms with van der Waals surface area (Å²) >= 11 is 6.23. The van der Waals surface area contributed by atoms with Gasteiger partial charge in [-0.25, -0.2) is 0 Å². The lowest BCUT2D eigenvalue weighted by molar-refractivity contribution is 0.706. The van der Waals surface area contributed by atoms with E-state index in [1.54, 1.807) is 0 Å². The van der Waals surface area contributed by atoms with Crippen LogP contribution in [0.4, 0.5) is 5.69 Å². The number of hydrogen-bond acceptors (Lipinski definition) is 1. The standard InChI is InChI=1S/C11H14ClN/c1-13-10-7-3-2-5-9(10)6-4-8-11(13)12/h2-3,5,7,11H,4,6,8H2,1H3. The number of hydrogen-bond donors (Lipinski definition) is 0. The van der Waals surface area contributed by atoms with E-state index in [2.05, 4.69) is 36.2 Å². The summed E-state index contributed by atoms with van der Waals surface area (Å²) in [7, 11) is 2.07. The maximum atomic E-state index is 6.23. The number of alkyl halides is 1. The van der Waals surface area contributed by atoms with Crippen molar-refractivity contribution < 1.29 is 0 Å². The lowest BCUT2D eigenvalue weighted by Gasteiger charge is -2.24. The van der Waals surface area contributed by atoms with Gasteiger partial charge in [0.1, 0.15) is 5.50 Å². The highest BCUT2D eigenvalue weighted by Gasteiger charge is 2.18. The largest absolute Gasteiger partial charge is 0.358 e. The number of anilines is 1. The van der Waals surface area contributed by atoms with Crippen LogP contribution in [0, 0.1) is 0 Å².